The number of esters is 1. The van der Waals surface area contributed by atoms with Crippen LogP contribution in [0.25, 0.3) is 21.0 Å². The second kappa shape index (κ2) is 6.68. The third kappa shape index (κ3) is 2.89. The molecule has 0 bridgehead atoms. The third-order valence-corrected chi connectivity index (χ3v) is 5.68. The van der Waals surface area contributed by atoms with Gasteiger partial charge in [0.05, 0.1) is 10.8 Å². The molecule has 0 radical (unpaired) electrons. The van der Waals surface area contributed by atoms with Crippen LogP contribution in [0.15, 0.2) is 33.9 Å². The van der Waals surface area contributed by atoms with Gasteiger partial charge in [-0.1, -0.05) is 18.2 Å². The Hall–Kier alpha value is -3.33. The highest BCUT2D eigenvalue weighted by molar-refractivity contribution is 7.18. The summed E-state index contributed by atoms with van der Waals surface area (Å²) in [6.45, 7) is 3.59. The molecule has 0 aliphatic carbocycles. The molecular weight excluding hydrogens is 380 g/mol. The zero-order valence-corrected chi connectivity index (χ0v) is 16.2. The van der Waals surface area contributed by atoms with Gasteiger partial charge in [0, 0.05) is 17.3 Å². The number of nitrogens with zero attached hydrogens (tertiary/aromatic N) is 3. The number of aryl methyl sites for hydroxylation is 3. The van der Waals surface area contributed by atoms with Gasteiger partial charge < -0.3 is 9.72 Å². The topological polar surface area (TPSA) is 107 Å². The van der Waals surface area contributed by atoms with Gasteiger partial charge in [0.25, 0.3) is 11.1 Å². The number of aromatic amines is 1. The molecule has 0 amide bonds. The molecule has 0 aliphatic heterocycles. The SMILES string of the molecule is Cc1sc2nc(COC(=O)c3nn(C)c(=O)c4ccccc34)[nH]c(=O)c2c1C. The number of ether oxygens (including phenoxy) is 1. The zero-order chi connectivity index (χ0) is 20.0. The quantitative estimate of drug-likeness (QED) is 0.532. The first-order chi connectivity index (χ1) is 13.4. The minimum atomic E-state index is -0.701. The van der Waals surface area contributed by atoms with Crippen molar-refractivity contribution in [3.8, 4) is 0 Å². The molecule has 142 valence electrons. The van der Waals surface area contributed by atoms with E-state index in [-0.39, 0.29) is 29.2 Å². The fourth-order valence-corrected chi connectivity index (χ4v) is 4.07. The van der Waals surface area contributed by atoms with Crippen LogP contribution in [0, 0.1) is 13.8 Å². The van der Waals surface area contributed by atoms with Gasteiger partial charge in [-0.3, -0.25) is 9.59 Å². The molecule has 1 N–H and O–H groups in total. The molecule has 0 aliphatic rings. The molecule has 28 heavy (non-hydrogen) atoms. The lowest BCUT2D eigenvalue weighted by Crippen LogP contribution is -2.24. The summed E-state index contributed by atoms with van der Waals surface area (Å²) in [5.41, 5.74) is 0.373. The minimum Gasteiger partial charge on any atom is -0.453 e. The lowest BCUT2D eigenvalue weighted by Gasteiger charge is -2.08. The molecule has 0 spiro atoms. The van der Waals surface area contributed by atoms with Crippen molar-refractivity contribution in [3.63, 3.8) is 0 Å². The molecule has 4 aromatic rings. The Morgan fingerprint density at radius 1 is 1.21 bits per heavy atom. The summed E-state index contributed by atoms with van der Waals surface area (Å²) in [5.74, 6) is -0.450. The number of hydrogen-bond donors (Lipinski definition) is 1. The standard InChI is InChI=1S/C19H16N4O4S/c1-9-10(2)28-17-14(9)16(24)20-13(21-17)8-27-19(26)15-11-6-4-5-7-12(11)18(25)23(3)22-15/h4-7H,8H2,1-3H3,(H,20,21,24). The first kappa shape index (κ1) is 18.1. The van der Waals surface area contributed by atoms with Crippen molar-refractivity contribution in [2.75, 3.05) is 0 Å². The van der Waals surface area contributed by atoms with Gasteiger partial charge in [-0.05, 0) is 25.5 Å². The maximum atomic E-state index is 12.6. The summed E-state index contributed by atoms with van der Waals surface area (Å²) in [6, 6.07) is 6.71. The lowest BCUT2D eigenvalue weighted by molar-refractivity contribution is 0.0455. The van der Waals surface area contributed by atoms with Crippen LogP contribution in [-0.4, -0.2) is 25.7 Å². The molecule has 3 heterocycles. The van der Waals surface area contributed by atoms with Crippen LogP contribution in [0.2, 0.25) is 0 Å². The van der Waals surface area contributed by atoms with Crippen molar-refractivity contribution >= 4 is 38.3 Å². The predicted molar refractivity (Wildman–Crippen MR) is 106 cm³/mol. The second-order valence-corrected chi connectivity index (χ2v) is 7.58. The van der Waals surface area contributed by atoms with Crippen LogP contribution >= 0.6 is 11.3 Å². The number of thiophene rings is 1. The first-order valence-electron chi connectivity index (χ1n) is 8.49. The van der Waals surface area contributed by atoms with Crippen molar-refractivity contribution in [2.24, 2.45) is 7.05 Å². The van der Waals surface area contributed by atoms with Crippen molar-refractivity contribution in [1.29, 1.82) is 0 Å². The van der Waals surface area contributed by atoms with Crippen LogP contribution in [0.1, 0.15) is 26.8 Å². The number of aromatic nitrogens is 4. The van der Waals surface area contributed by atoms with Crippen molar-refractivity contribution in [2.45, 2.75) is 20.5 Å². The molecule has 4 rings (SSSR count). The number of carbonyl (C=O) groups is 1. The van der Waals surface area contributed by atoms with Crippen LogP contribution in [0.4, 0.5) is 0 Å². The summed E-state index contributed by atoms with van der Waals surface area (Å²) < 4.78 is 6.41. The fraction of sp³-hybridized carbons (Fsp3) is 0.211. The number of benzene rings is 1. The van der Waals surface area contributed by atoms with Crippen LogP contribution < -0.4 is 11.1 Å². The highest BCUT2D eigenvalue weighted by Crippen LogP contribution is 2.25. The van der Waals surface area contributed by atoms with E-state index in [1.54, 1.807) is 24.3 Å². The van der Waals surface area contributed by atoms with E-state index >= 15 is 0 Å². The minimum absolute atomic E-state index is 0.0314. The summed E-state index contributed by atoms with van der Waals surface area (Å²) in [4.78, 5) is 45.8. The van der Waals surface area contributed by atoms with Crippen LogP contribution in [-0.2, 0) is 18.4 Å². The van der Waals surface area contributed by atoms with E-state index in [1.165, 1.54) is 18.4 Å². The number of carbonyl (C=O) groups excluding carboxylic acids is 1. The third-order valence-electron chi connectivity index (χ3n) is 4.58. The zero-order valence-electron chi connectivity index (χ0n) is 15.4. The molecule has 1 aromatic carbocycles. The summed E-state index contributed by atoms with van der Waals surface area (Å²) in [6.07, 6.45) is 0. The van der Waals surface area contributed by atoms with Gasteiger partial charge in [-0.15, -0.1) is 11.3 Å². The molecule has 3 aromatic heterocycles. The Labute approximate surface area is 162 Å². The summed E-state index contributed by atoms with van der Waals surface area (Å²) in [7, 11) is 1.47. The van der Waals surface area contributed by atoms with E-state index in [9.17, 15) is 14.4 Å². The molecule has 8 nitrogen and oxygen atoms in total. The Balaban J connectivity index is 1.66. The molecule has 0 saturated heterocycles. The average molecular weight is 396 g/mol. The first-order valence-corrected chi connectivity index (χ1v) is 9.30. The molecule has 0 fully saturated rings. The van der Waals surface area contributed by atoms with Crippen LogP contribution in [0.5, 0.6) is 0 Å². The van der Waals surface area contributed by atoms with Gasteiger partial charge in [-0.2, -0.15) is 5.10 Å². The second-order valence-electron chi connectivity index (χ2n) is 6.38. The highest BCUT2D eigenvalue weighted by Gasteiger charge is 2.18. The van der Waals surface area contributed by atoms with Gasteiger partial charge in [-0.25, -0.2) is 14.5 Å². The maximum absolute atomic E-state index is 12.6. The van der Waals surface area contributed by atoms with E-state index in [0.717, 1.165) is 15.1 Å². The monoisotopic (exact) mass is 396 g/mol. The molecule has 0 unspecified atom stereocenters. The Kier molecular flexibility index (Phi) is 4.31. The Bertz CT molecular complexity index is 1370. The van der Waals surface area contributed by atoms with E-state index < -0.39 is 5.97 Å². The van der Waals surface area contributed by atoms with Gasteiger partial charge in [0.1, 0.15) is 17.3 Å². The van der Waals surface area contributed by atoms with E-state index in [0.29, 0.717) is 21.0 Å². The van der Waals surface area contributed by atoms with Gasteiger partial charge >= 0.3 is 5.97 Å². The Morgan fingerprint density at radius 3 is 2.68 bits per heavy atom. The van der Waals surface area contributed by atoms with Crippen LogP contribution in [0.3, 0.4) is 0 Å². The van der Waals surface area contributed by atoms with Crippen molar-refractivity contribution < 1.29 is 9.53 Å². The van der Waals surface area contributed by atoms with E-state index in [4.69, 9.17) is 4.74 Å². The number of rotatable bonds is 3. The molecule has 9 heteroatoms. The predicted octanol–water partition coefficient (Wildman–Crippen LogP) is 2.21. The van der Waals surface area contributed by atoms with E-state index in [1.807, 2.05) is 13.8 Å². The number of fused-ring (bicyclic) bond motifs is 2. The summed E-state index contributed by atoms with van der Waals surface area (Å²) in [5, 5.41) is 5.39. The maximum Gasteiger partial charge on any atom is 0.359 e. The highest BCUT2D eigenvalue weighted by atomic mass is 32.1. The average Bonchev–Trinajstić information content (AvgIpc) is 2.97. The smallest absolute Gasteiger partial charge is 0.359 e. The summed E-state index contributed by atoms with van der Waals surface area (Å²) >= 11 is 1.42. The normalized spacial score (nSPS) is 11.2. The van der Waals surface area contributed by atoms with Crippen molar-refractivity contribution in [1.82, 2.24) is 19.7 Å². The van der Waals surface area contributed by atoms with Crippen molar-refractivity contribution in [3.05, 3.63) is 66.9 Å². The molecule has 0 saturated carbocycles. The number of H-pyrrole nitrogens is 1. The molecule has 0 atom stereocenters. The fourth-order valence-electron chi connectivity index (χ4n) is 3.02. The molecular formula is C19H16N4O4S. The number of nitrogens with one attached hydrogen (secondary N) is 1. The Morgan fingerprint density at radius 2 is 1.93 bits per heavy atom. The largest absolute Gasteiger partial charge is 0.453 e. The van der Waals surface area contributed by atoms with Gasteiger partial charge in [0.2, 0.25) is 0 Å². The lowest BCUT2D eigenvalue weighted by atomic mass is 10.1. The van der Waals surface area contributed by atoms with E-state index in [2.05, 4.69) is 15.1 Å². The van der Waals surface area contributed by atoms with Gasteiger partial charge in [0.15, 0.2) is 5.69 Å². The number of hydrogen-bond acceptors (Lipinski definition) is 7.